The Morgan fingerprint density at radius 3 is 2.90 bits per heavy atom. The molecule has 0 fully saturated rings. The van der Waals surface area contributed by atoms with Gasteiger partial charge in [0.2, 0.25) is 0 Å². The molecule has 108 valence electrons. The maximum Gasteiger partial charge on any atom is 0.188 e. The van der Waals surface area contributed by atoms with Crippen LogP contribution in [0, 0.1) is 5.82 Å². The van der Waals surface area contributed by atoms with Crippen molar-refractivity contribution >= 4 is 48.3 Å². The lowest BCUT2D eigenvalue weighted by Crippen LogP contribution is -1.96. The molecule has 0 atom stereocenters. The minimum atomic E-state index is -0.384. The molecular formula is C15H12BrFN2OS. The summed E-state index contributed by atoms with van der Waals surface area (Å²) in [6.45, 7) is 2.27. The number of ether oxygens (including phenoxy) is 1. The summed E-state index contributed by atoms with van der Waals surface area (Å²) in [4.78, 5) is 4.47. The number of nitrogens with one attached hydrogen (secondary N) is 1. The summed E-state index contributed by atoms with van der Waals surface area (Å²) in [5.41, 5.74) is 1.56. The number of hydrogen-bond acceptors (Lipinski definition) is 4. The van der Waals surface area contributed by atoms with Gasteiger partial charge in [0.25, 0.3) is 0 Å². The fourth-order valence-electron chi connectivity index (χ4n) is 1.93. The molecule has 0 radical (unpaired) electrons. The third-order valence-corrected chi connectivity index (χ3v) is 4.26. The number of anilines is 2. The zero-order chi connectivity index (χ0) is 14.8. The Balaban J connectivity index is 1.86. The highest BCUT2D eigenvalue weighted by Gasteiger charge is 2.07. The van der Waals surface area contributed by atoms with Gasteiger partial charge in [-0.3, -0.25) is 0 Å². The lowest BCUT2D eigenvalue weighted by molar-refractivity contribution is 0.321. The highest BCUT2D eigenvalue weighted by Crippen LogP contribution is 2.31. The molecule has 3 aromatic rings. The van der Waals surface area contributed by atoms with Gasteiger partial charge in [0.1, 0.15) is 0 Å². The Morgan fingerprint density at radius 1 is 1.29 bits per heavy atom. The number of fused-ring (bicyclic) bond motifs is 1. The Labute approximate surface area is 133 Å². The molecule has 0 aliphatic carbocycles. The van der Waals surface area contributed by atoms with E-state index in [0.29, 0.717) is 12.3 Å². The van der Waals surface area contributed by atoms with Crippen LogP contribution in [-0.2, 0) is 0 Å². The van der Waals surface area contributed by atoms with E-state index in [4.69, 9.17) is 4.74 Å². The minimum absolute atomic E-state index is 0.260. The van der Waals surface area contributed by atoms with Crippen molar-refractivity contribution in [3.05, 3.63) is 46.7 Å². The van der Waals surface area contributed by atoms with Crippen LogP contribution in [0.15, 0.2) is 40.9 Å². The van der Waals surface area contributed by atoms with Gasteiger partial charge in [0, 0.05) is 16.2 Å². The van der Waals surface area contributed by atoms with E-state index in [9.17, 15) is 4.39 Å². The van der Waals surface area contributed by atoms with Crippen LogP contribution in [0.25, 0.3) is 10.2 Å². The number of halogens is 2. The van der Waals surface area contributed by atoms with Gasteiger partial charge in [-0.25, -0.2) is 9.37 Å². The summed E-state index contributed by atoms with van der Waals surface area (Å²) >= 11 is 4.96. The first-order valence-corrected chi connectivity index (χ1v) is 8.02. The number of thiazole rings is 1. The van der Waals surface area contributed by atoms with Crippen molar-refractivity contribution in [3.63, 3.8) is 0 Å². The van der Waals surface area contributed by atoms with E-state index >= 15 is 0 Å². The molecule has 0 amide bonds. The fourth-order valence-corrected chi connectivity index (χ4v) is 3.36. The summed E-state index contributed by atoms with van der Waals surface area (Å²) in [6.07, 6.45) is 0. The lowest BCUT2D eigenvalue weighted by atomic mass is 10.3. The number of rotatable bonds is 4. The van der Waals surface area contributed by atoms with Gasteiger partial charge in [-0.05, 0) is 37.3 Å². The van der Waals surface area contributed by atoms with E-state index in [2.05, 4.69) is 26.2 Å². The second-order valence-corrected chi connectivity index (χ2v) is 6.28. The van der Waals surface area contributed by atoms with E-state index in [1.165, 1.54) is 17.4 Å². The summed E-state index contributed by atoms with van der Waals surface area (Å²) in [5.74, 6) is -0.123. The van der Waals surface area contributed by atoms with Crippen molar-refractivity contribution in [2.24, 2.45) is 0 Å². The van der Waals surface area contributed by atoms with Crippen molar-refractivity contribution < 1.29 is 9.13 Å². The first kappa shape index (κ1) is 14.3. The van der Waals surface area contributed by atoms with Gasteiger partial charge >= 0.3 is 0 Å². The predicted molar refractivity (Wildman–Crippen MR) is 88.2 cm³/mol. The normalized spacial score (nSPS) is 10.8. The van der Waals surface area contributed by atoms with Crippen LogP contribution in [0.4, 0.5) is 15.2 Å². The third-order valence-electron chi connectivity index (χ3n) is 2.83. The molecule has 0 saturated heterocycles. The molecule has 3 rings (SSSR count). The average molecular weight is 367 g/mol. The minimum Gasteiger partial charge on any atom is -0.491 e. The molecule has 1 aromatic heterocycles. The molecule has 6 heteroatoms. The zero-order valence-corrected chi connectivity index (χ0v) is 13.6. The van der Waals surface area contributed by atoms with Crippen LogP contribution >= 0.6 is 27.3 Å². The Bertz CT molecular complexity index is 790. The Morgan fingerprint density at radius 2 is 2.14 bits per heavy atom. The second-order valence-electron chi connectivity index (χ2n) is 4.33. The Kier molecular flexibility index (Phi) is 4.07. The SMILES string of the molecule is CCOc1ccc(Nc2nc3ccc(Br)cc3s2)cc1F. The lowest BCUT2D eigenvalue weighted by Gasteiger charge is -2.07. The van der Waals surface area contributed by atoms with Crippen LogP contribution in [0.5, 0.6) is 5.75 Å². The van der Waals surface area contributed by atoms with Gasteiger partial charge < -0.3 is 10.1 Å². The maximum absolute atomic E-state index is 13.8. The average Bonchev–Trinajstić information content (AvgIpc) is 2.83. The summed E-state index contributed by atoms with van der Waals surface area (Å²) in [6, 6.07) is 10.7. The van der Waals surface area contributed by atoms with Crippen molar-refractivity contribution in [3.8, 4) is 5.75 Å². The van der Waals surface area contributed by atoms with E-state index in [1.54, 1.807) is 12.1 Å². The van der Waals surface area contributed by atoms with Crippen molar-refractivity contribution in [1.82, 2.24) is 4.98 Å². The van der Waals surface area contributed by atoms with Crippen molar-refractivity contribution in [2.45, 2.75) is 6.92 Å². The molecule has 1 heterocycles. The van der Waals surface area contributed by atoms with Gasteiger partial charge in [-0.1, -0.05) is 27.3 Å². The number of benzene rings is 2. The molecule has 21 heavy (non-hydrogen) atoms. The highest BCUT2D eigenvalue weighted by atomic mass is 79.9. The fraction of sp³-hybridized carbons (Fsp3) is 0.133. The van der Waals surface area contributed by atoms with Gasteiger partial charge in [0.15, 0.2) is 16.7 Å². The molecule has 0 unspecified atom stereocenters. The van der Waals surface area contributed by atoms with E-state index in [1.807, 2.05) is 25.1 Å². The molecule has 0 aliphatic rings. The molecule has 0 spiro atoms. The van der Waals surface area contributed by atoms with Crippen LogP contribution in [-0.4, -0.2) is 11.6 Å². The Hall–Kier alpha value is -1.66. The topological polar surface area (TPSA) is 34.1 Å². The van der Waals surface area contributed by atoms with E-state index < -0.39 is 0 Å². The molecule has 1 N–H and O–H groups in total. The quantitative estimate of drug-likeness (QED) is 0.676. The number of hydrogen-bond donors (Lipinski definition) is 1. The second kappa shape index (κ2) is 5.99. The van der Waals surface area contributed by atoms with Gasteiger partial charge in [0.05, 0.1) is 16.8 Å². The van der Waals surface area contributed by atoms with Crippen LogP contribution in [0.1, 0.15) is 6.92 Å². The monoisotopic (exact) mass is 366 g/mol. The third kappa shape index (κ3) is 3.16. The van der Waals surface area contributed by atoms with Gasteiger partial charge in [-0.15, -0.1) is 0 Å². The largest absolute Gasteiger partial charge is 0.491 e. The standard InChI is InChI=1S/C15H12BrFN2OS/c1-2-20-13-6-4-10(8-11(13)17)18-15-19-12-5-3-9(16)7-14(12)21-15/h3-8H,2H2,1H3,(H,18,19). The maximum atomic E-state index is 13.8. The number of nitrogens with zero attached hydrogens (tertiary/aromatic N) is 1. The molecule has 3 nitrogen and oxygen atoms in total. The summed E-state index contributed by atoms with van der Waals surface area (Å²) in [7, 11) is 0. The smallest absolute Gasteiger partial charge is 0.188 e. The van der Waals surface area contributed by atoms with E-state index in [0.717, 1.165) is 19.8 Å². The van der Waals surface area contributed by atoms with Crippen LogP contribution in [0.3, 0.4) is 0 Å². The number of aromatic nitrogens is 1. The zero-order valence-electron chi connectivity index (χ0n) is 11.2. The first-order valence-electron chi connectivity index (χ1n) is 6.41. The highest BCUT2D eigenvalue weighted by molar-refractivity contribution is 9.10. The molecular weight excluding hydrogens is 355 g/mol. The predicted octanol–water partition coefficient (Wildman–Crippen LogP) is 5.34. The van der Waals surface area contributed by atoms with Crippen LogP contribution < -0.4 is 10.1 Å². The van der Waals surface area contributed by atoms with E-state index in [-0.39, 0.29) is 11.6 Å². The van der Waals surface area contributed by atoms with Crippen LogP contribution in [0.2, 0.25) is 0 Å². The molecule has 0 bridgehead atoms. The molecule has 2 aromatic carbocycles. The summed E-state index contributed by atoms with van der Waals surface area (Å²) < 4.78 is 21.1. The summed E-state index contributed by atoms with van der Waals surface area (Å²) in [5, 5.41) is 3.85. The van der Waals surface area contributed by atoms with Crippen molar-refractivity contribution in [2.75, 3.05) is 11.9 Å². The van der Waals surface area contributed by atoms with Gasteiger partial charge in [-0.2, -0.15) is 0 Å². The first-order chi connectivity index (χ1) is 10.2. The molecule has 0 aliphatic heterocycles. The van der Waals surface area contributed by atoms with Crippen molar-refractivity contribution in [1.29, 1.82) is 0 Å². The molecule has 0 saturated carbocycles.